The Kier molecular flexibility index (Phi) is 4.78. The molecule has 0 aliphatic carbocycles. The van der Waals surface area contributed by atoms with Crippen LogP contribution in [0.25, 0.3) is 0 Å². The second-order valence-corrected chi connectivity index (χ2v) is 3.82. The zero-order valence-electron chi connectivity index (χ0n) is 8.66. The van der Waals surface area contributed by atoms with Crippen molar-refractivity contribution in [1.29, 1.82) is 0 Å². The van der Waals surface area contributed by atoms with Crippen molar-refractivity contribution in [3.63, 3.8) is 0 Å². The monoisotopic (exact) mass is 215 g/mol. The Morgan fingerprint density at radius 3 is 2.86 bits per heavy atom. The second-order valence-electron chi connectivity index (χ2n) is 3.06. The molecule has 1 aromatic rings. The highest BCUT2D eigenvalue weighted by atomic mass is 32.1. The summed E-state index contributed by atoms with van der Waals surface area (Å²) in [6.45, 7) is 7.24. The summed E-state index contributed by atoms with van der Waals surface area (Å²) in [6, 6.07) is 0. The lowest BCUT2D eigenvalue weighted by atomic mass is 10.3. The molecule has 6 heteroatoms. The molecular weight excluding hydrogens is 198 g/mol. The molecule has 1 rings (SSSR count). The molecule has 0 aliphatic heterocycles. The van der Waals surface area contributed by atoms with Crippen molar-refractivity contribution in [3.05, 3.63) is 5.69 Å². The average molecular weight is 215 g/mol. The number of nitrogens with two attached hydrogens (primary N) is 1. The zero-order valence-corrected chi connectivity index (χ0v) is 9.47. The molecule has 3 N–H and O–H groups in total. The van der Waals surface area contributed by atoms with Gasteiger partial charge in [0, 0.05) is 18.1 Å². The fraction of sp³-hybridized carbons (Fsp3) is 0.750. The van der Waals surface area contributed by atoms with Crippen molar-refractivity contribution in [2.24, 2.45) is 5.84 Å². The van der Waals surface area contributed by atoms with Crippen molar-refractivity contribution in [2.75, 3.05) is 18.5 Å². The minimum Gasteiger partial charge on any atom is -0.313 e. The van der Waals surface area contributed by atoms with Gasteiger partial charge in [-0.1, -0.05) is 18.3 Å². The molecule has 0 atom stereocenters. The number of aromatic nitrogens is 2. The lowest BCUT2D eigenvalue weighted by Crippen LogP contribution is -2.24. The molecule has 14 heavy (non-hydrogen) atoms. The Labute approximate surface area is 88.4 Å². The molecule has 0 saturated heterocycles. The van der Waals surface area contributed by atoms with Crippen LogP contribution in [0.5, 0.6) is 0 Å². The van der Waals surface area contributed by atoms with E-state index in [0.29, 0.717) is 0 Å². The molecule has 0 saturated carbocycles. The van der Waals surface area contributed by atoms with Gasteiger partial charge in [0.1, 0.15) is 10.7 Å². The van der Waals surface area contributed by atoms with E-state index in [4.69, 9.17) is 5.84 Å². The van der Waals surface area contributed by atoms with Gasteiger partial charge < -0.3 is 5.43 Å². The Hall–Kier alpha value is -0.720. The van der Waals surface area contributed by atoms with Gasteiger partial charge >= 0.3 is 0 Å². The van der Waals surface area contributed by atoms with Crippen LogP contribution in [0, 0.1) is 0 Å². The molecule has 0 fully saturated rings. The van der Waals surface area contributed by atoms with Crippen LogP contribution in [0.2, 0.25) is 0 Å². The van der Waals surface area contributed by atoms with Gasteiger partial charge in [0.05, 0.1) is 0 Å². The summed E-state index contributed by atoms with van der Waals surface area (Å²) >= 11 is 1.30. The van der Waals surface area contributed by atoms with Gasteiger partial charge in [0.2, 0.25) is 0 Å². The van der Waals surface area contributed by atoms with Gasteiger partial charge in [-0.25, -0.2) is 5.84 Å². The minimum absolute atomic E-state index is 0.820. The Morgan fingerprint density at radius 1 is 1.50 bits per heavy atom. The predicted molar refractivity (Wildman–Crippen MR) is 59.0 cm³/mol. The first-order valence-electron chi connectivity index (χ1n) is 4.82. The van der Waals surface area contributed by atoms with Gasteiger partial charge in [-0.05, 0) is 19.5 Å². The quantitative estimate of drug-likeness (QED) is 0.548. The van der Waals surface area contributed by atoms with Crippen LogP contribution in [0.3, 0.4) is 0 Å². The normalized spacial score (nSPS) is 10.9. The van der Waals surface area contributed by atoms with E-state index in [-0.39, 0.29) is 0 Å². The van der Waals surface area contributed by atoms with Crippen molar-refractivity contribution in [1.82, 2.24) is 14.5 Å². The highest BCUT2D eigenvalue weighted by Gasteiger charge is 2.10. The van der Waals surface area contributed by atoms with Crippen molar-refractivity contribution in [3.8, 4) is 0 Å². The Bertz CT molecular complexity index is 262. The number of nitrogen functional groups attached to an aromatic ring is 1. The maximum absolute atomic E-state index is 5.35. The van der Waals surface area contributed by atoms with Crippen LogP contribution in [0.15, 0.2) is 0 Å². The molecule has 0 amide bonds. The molecule has 0 spiro atoms. The SMILES string of the molecule is CCCN(CC)Cc1nnsc1NN. The fourth-order valence-electron chi connectivity index (χ4n) is 1.30. The van der Waals surface area contributed by atoms with Gasteiger partial charge in [-0.15, -0.1) is 5.10 Å². The van der Waals surface area contributed by atoms with E-state index in [1.807, 2.05) is 0 Å². The highest BCUT2D eigenvalue weighted by molar-refractivity contribution is 7.10. The number of hydrogen-bond donors (Lipinski definition) is 2. The molecule has 1 heterocycles. The molecule has 0 aliphatic rings. The first-order chi connectivity index (χ1) is 6.81. The molecule has 0 bridgehead atoms. The third kappa shape index (κ3) is 2.90. The van der Waals surface area contributed by atoms with Crippen LogP contribution in [0.1, 0.15) is 26.0 Å². The largest absolute Gasteiger partial charge is 0.313 e. The number of rotatable bonds is 6. The van der Waals surface area contributed by atoms with Gasteiger partial charge in [0.15, 0.2) is 0 Å². The Morgan fingerprint density at radius 2 is 2.29 bits per heavy atom. The number of hydrogen-bond acceptors (Lipinski definition) is 6. The van der Waals surface area contributed by atoms with E-state index in [1.165, 1.54) is 11.5 Å². The smallest absolute Gasteiger partial charge is 0.148 e. The predicted octanol–water partition coefficient (Wildman–Crippen LogP) is 1.06. The van der Waals surface area contributed by atoms with Crippen molar-refractivity contribution >= 4 is 16.5 Å². The summed E-state index contributed by atoms with van der Waals surface area (Å²) < 4.78 is 3.86. The molecular formula is C8H17N5S. The number of nitrogens with one attached hydrogen (secondary N) is 1. The van der Waals surface area contributed by atoms with Crippen LogP contribution in [-0.2, 0) is 6.54 Å². The summed E-state index contributed by atoms with van der Waals surface area (Å²) in [4.78, 5) is 2.32. The van der Waals surface area contributed by atoms with E-state index in [9.17, 15) is 0 Å². The van der Waals surface area contributed by atoms with Gasteiger partial charge in [0.25, 0.3) is 0 Å². The van der Waals surface area contributed by atoms with E-state index in [1.54, 1.807) is 0 Å². The lowest BCUT2D eigenvalue weighted by Gasteiger charge is -2.18. The van der Waals surface area contributed by atoms with E-state index >= 15 is 0 Å². The highest BCUT2D eigenvalue weighted by Crippen LogP contribution is 2.17. The van der Waals surface area contributed by atoms with Gasteiger partial charge in [-0.3, -0.25) is 4.90 Å². The molecule has 0 unspecified atom stereocenters. The first kappa shape index (κ1) is 11.4. The van der Waals surface area contributed by atoms with Crippen molar-refractivity contribution < 1.29 is 0 Å². The van der Waals surface area contributed by atoms with Crippen LogP contribution < -0.4 is 11.3 Å². The molecule has 1 aromatic heterocycles. The topological polar surface area (TPSA) is 67.1 Å². The summed E-state index contributed by atoms with van der Waals surface area (Å²) in [7, 11) is 0. The number of anilines is 1. The minimum atomic E-state index is 0.820. The maximum Gasteiger partial charge on any atom is 0.148 e. The third-order valence-corrected chi connectivity index (χ3v) is 2.75. The van der Waals surface area contributed by atoms with Gasteiger partial charge in [-0.2, -0.15) is 0 Å². The third-order valence-electron chi connectivity index (χ3n) is 2.05. The van der Waals surface area contributed by atoms with Crippen LogP contribution in [0.4, 0.5) is 5.00 Å². The lowest BCUT2D eigenvalue weighted by molar-refractivity contribution is 0.277. The zero-order chi connectivity index (χ0) is 10.4. The maximum atomic E-state index is 5.35. The summed E-state index contributed by atoms with van der Waals surface area (Å²) in [6.07, 6.45) is 1.15. The average Bonchev–Trinajstić information content (AvgIpc) is 2.64. The Balaban J connectivity index is 2.56. The number of nitrogens with zero attached hydrogens (tertiary/aromatic N) is 3. The van der Waals surface area contributed by atoms with E-state index in [2.05, 4.69) is 33.8 Å². The van der Waals surface area contributed by atoms with Crippen molar-refractivity contribution in [2.45, 2.75) is 26.8 Å². The van der Waals surface area contributed by atoms with E-state index in [0.717, 1.165) is 36.8 Å². The second kappa shape index (κ2) is 5.90. The number of hydrazine groups is 1. The van der Waals surface area contributed by atoms with E-state index < -0.39 is 0 Å². The standard InChI is InChI=1S/C8H17N5S/c1-3-5-13(4-2)6-7-8(10-9)14-12-11-7/h10H,3-6,9H2,1-2H3. The summed E-state index contributed by atoms with van der Waals surface area (Å²) in [5.41, 5.74) is 3.55. The van der Waals surface area contributed by atoms with Crippen LogP contribution in [-0.4, -0.2) is 27.6 Å². The fourth-order valence-corrected chi connectivity index (χ4v) is 1.78. The first-order valence-corrected chi connectivity index (χ1v) is 5.59. The molecule has 5 nitrogen and oxygen atoms in total. The molecule has 0 aromatic carbocycles. The summed E-state index contributed by atoms with van der Waals surface area (Å²) in [5.74, 6) is 5.35. The molecule has 80 valence electrons. The van der Waals surface area contributed by atoms with Crippen LogP contribution >= 0.6 is 11.5 Å². The molecule has 0 radical (unpaired) electrons. The summed E-state index contributed by atoms with van der Waals surface area (Å²) in [5, 5.41) is 4.90.